The number of aliphatic hydroxyl groups excluding tert-OH is 1. The van der Waals surface area contributed by atoms with Crippen LogP contribution in [0.4, 0.5) is 0 Å². The van der Waals surface area contributed by atoms with Gasteiger partial charge in [0.1, 0.15) is 0 Å². The molecule has 0 radical (unpaired) electrons. The first kappa shape index (κ1) is 13.2. The summed E-state index contributed by atoms with van der Waals surface area (Å²) in [5, 5.41) is 18.1. The Morgan fingerprint density at radius 2 is 1.58 bits per heavy atom. The summed E-state index contributed by atoms with van der Waals surface area (Å²) in [6, 6.07) is 1.86. The highest BCUT2D eigenvalue weighted by molar-refractivity contribution is 6.23. The highest BCUT2D eigenvalue weighted by atomic mass is 16.4. The second-order valence-electron chi connectivity index (χ2n) is 4.47. The lowest BCUT2D eigenvalue weighted by molar-refractivity contribution is -0.142. The summed E-state index contributed by atoms with van der Waals surface area (Å²) in [6.07, 6.45) is 0. The molecule has 0 bridgehead atoms. The zero-order valence-corrected chi connectivity index (χ0v) is 10.5. The summed E-state index contributed by atoms with van der Waals surface area (Å²) in [6.45, 7) is 2.56. The first-order valence-electron chi connectivity index (χ1n) is 5.72. The standard InChI is InChI=1S/C13H13NO5/c1-6-3-4-7(2)10-9(6)11(16)14(12(10)17)8(5-15)13(18)19/h3-4,8,15H,5H2,1-2H3,(H,18,19). The molecule has 2 rings (SSSR count). The Morgan fingerprint density at radius 3 is 1.89 bits per heavy atom. The SMILES string of the molecule is Cc1ccc(C)c2c1C(=O)N(C(CO)C(=O)O)C2=O. The molecule has 1 aromatic rings. The molecule has 0 saturated heterocycles. The van der Waals surface area contributed by atoms with Crippen LogP contribution in [0, 0.1) is 13.8 Å². The van der Waals surface area contributed by atoms with E-state index in [2.05, 4.69) is 0 Å². The van der Waals surface area contributed by atoms with E-state index in [0.717, 1.165) is 0 Å². The highest BCUT2D eigenvalue weighted by Gasteiger charge is 2.44. The van der Waals surface area contributed by atoms with Crippen LogP contribution in [-0.2, 0) is 4.79 Å². The fourth-order valence-corrected chi connectivity index (χ4v) is 2.25. The van der Waals surface area contributed by atoms with E-state index in [-0.39, 0.29) is 11.1 Å². The molecule has 0 fully saturated rings. The molecule has 0 saturated carbocycles. The molecule has 0 aliphatic carbocycles. The Hall–Kier alpha value is -2.21. The minimum atomic E-state index is -1.55. The molecule has 1 aliphatic rings. The van der Waals surface area contributed by atoms with E-state index in [0.29, 0.717) is 16.0 Å². The number of nitrogens with zero attached hydrogens (tertiary/aromatic N) is 1. The number of hydrogen-bond acceptors (Lipinski definition) is 4. The number of carbonyl (C=O) groups is 3. The molecule has 2 amide bonds. The zero-order valence-electron chi connectivity index (χ0n) is 10.5. The molecule has 0 spiro atoms. The Morgan fingerprint density at radius 1 is 1.16 bits per heavy atom. The zero-order chi connectivity index (χ0) is 14.3. The van der Waals surface area contributed by atoms with Crippen LogP contribution in [0.3, 0.4) is 0 Å². The normalized spacial score (nSPS) is 15.6. The van der Waals surface area contributed by atoms with E-state index in [4.69, 9.17) is 10.2 Å². The van der Waals surface area contributed by atoms with Crippen LogP contribution >= 0.6 is 0 Å². The van der Waals surface area contributed by atoms with Crippen molar-refractivity contribution in [1.82, 2.24) is 4.90 Å². The van der Waals surface area contributed by atoms with Crippen molar-refractivity contribution in [3.8, 4) is 0 Å². The van der Waals surface area contributed by atoms with Gasteiger partial charge in [0.25, 0.3) is 11.8 Å². The Balaban J connectivity index is 2.59. The molecule has 6 heteroatoms. The van der Waals surface area contributed by atoms with E-state index in [9.17, 15) is 14.4 Å². The number of carboxylic acids is 1. The lowest BCUT2D eigenvalue weighted by Gasteiger charge is -2.20. The molecule has 1 aromatic carbocycles. The quantitative estimate of drug-likeness (QED) is 0.767. The van der Waals surface area contributed by atoms with Gasteiger partial charge in [-0.1, -0.05) is 12.1 Å². The van der Waals surface area contributed by atoms with E-state index in [1.54, 1.807) is 26.0 Å². The van der Waals surface area contributed by atoms with Gasteiger partial charge in [0, 0.05) is 0 Å². The van der Waals surface area contributed by atoms with Gasteiger partial charge >= 0.3 is 5.97 Å². The van der Waals surface area contributed by atoms with Crippen molar-refractivity contribution in [2.45, 2.75) is 19.9 Å². The third-order valence-corrected chi connectivity index (χ3v) is 3.26. The van der Waals surface area contributed by atoms with Crippen molar-refractivity contribution in [1.29, 1.82) is 0 Å². The van der Waals surface area contributed by atoms with Crippen molar-refractivity contribution in [2.75, 3.05) is 6.61 Å². The molecule has 0 aromatic heterocycles. The van der Waals surface area contributed by atoms with Gasteiger partial charge in [-0.05, 0) is 25.0 Å². The molecule has 100 valence electrons. The van der Waals surface area contributed by atoms with Gasteiger partial charge in [0.15, 0.2) is 6.04 Å². The number of rotatable bonds is 3. The van der Waals surface area contributed by atoms with Crippen molar-refractivity contribution in [3.05, 3.63) is 34.4 Å². The van der Waals surface area contributed by atoms with Gasteiger partial charge in [-0.15, -0.1) is 0 Å². The topological polar surface area (TPSA) is 94.9 Å². The maximum absolute atomic E-state index is 12.2. The number of carboxylic acid groups (broad SMARTS) is 1. The summed E-state index contributed by atoms with van der Waals surface area (Å²) in [4.78, 5) is 36.1. The van der Waals surface area contributed by atoms with Gasteiger partial charge in [0.05, 0.1) is 17.7 Å². The maximum Gasteiger partial charge on any atom is 0.329 e. The average Bonchev–Trinajstić information content (AvgIpc) is 2.60. The number of fused-ring (bicyclic) bond motifs is 1. The van der Waals surface area contributed by atoms with Gasteiger partial charge in [-0.25, -0.2) is 4.79 Å². The molecule has 6 nitrogen and oxygen atoms in total. The van der Waals surface area contributed by atoms with Crippen molar-refractivity contribution < 1.29 is 24.6 Å². The summed E-state index contributed by atoms with van der Waals surface area (Å²) < 4.78 is 0. The number of amides is 2. The van der Waals surface area contributed by atoms with E-state index >= 15 is 0 Å². The van der Waals surface area contributed by atoms with E-state index in [1.165, 1.54) is 0 Å². The van der Waals surface area contributed by atoms with Gasteiger partial charge in [-0.2, -0.15) is 0 Å². The fraction of sp³-hybridized carbons (Fsp3) is 0.308. The molecule has 19 heavy (non-hydrogen) atoms. The van der Waals surface area contributed by atoms with Crippen molar-refractivity contribution in [3.63, 3.8) is 0 Å². The van der Waals surface area contributed by atoms with Gasteiger partial charge < -0.3 is 10.2 Å². The lowest BCUT2D eigenvalue weighted by atomic mass is 9.99. The molecule has 2 N–H and O–H groups in total. The number of aliphatic carboxylic acids is 1. The maximum atomic E-state index is 12.2. The van der Waals surface area contributed by atoms with Gasteiger partial charge in [0.2, 0.25) is 0 Å². The van der Waals surface area contributed by atoms with Crippen LogP contribution in [0.15, 0.2) is 12.1 Å². The molecule has 1 heterocycles. The van der Waals surface area contributed by atoms with Crippen LogP contribution < -0.4 is 0 Å². The number of carbonyl (C=O) groups excluding carboxylic acids is 2. The van der Waals surface area contributed by atoms with Crippen LogP contribution in [0.5, 0.6) is 0 Å². The molecule has 1 aliphatic heterocycles. The van der Waals surface area contributed by atoms with E-state index < -0.39 is 30.4 Å². The minimum absolute atomic E-state index is 0.227. The predicted octanol–water partition coefficient (Wildman–Crippen LogP) is 0.345. The van der Waals surface area contributed by atoms with Gasteiger partial charge in [-0.3, -0.25) is 14.5 Å². The predicted molar refractivity (Wildman–Crippen MR) is 64.9 cm³/mol. The number of aryl methyl sites for hydroxylation is 2. The van der Waals surface area contributed by atoms with E-state index in [1.807, 2.05) is 0 Å². The second kappa shape index (κ2) is 4.47. The summed E-state index contributed by atoms with van der Waals surface area (Å²) in [5.41, 5.74) is 1.68. The third kappa shape index (κ3) is 1.80. The third-order valence-electron chi connectivity index (χ3n) is 3.26. The number of benzene rings is 1. The van der Waals surface area contributed by atoms with Crippen LogP contribution in [0.2, 0.25) is 0 Å². The van der Waals surface area contributed by atoms with Crippen LogP contribution in [0.1, 0.15) is 31.8 Å². The Labute approximate surface area is 109 Å². The Kier molecular flexibility index (Phi) is 3.11. The van der Waals surface area contributed by atoms with Crippen LogP contribution in [-0.4, -0.2) is 45.5 Å². The summed E-state index contributed by atoms with van der Waals surface area (Å²) >= 11 is 0. The number of hydrogen-bond donors (Lipinski definition) is 2. The van der Waals surface area contributed by atoms with Crippen molar-refractivity contribution in [2.24, 2.45) is 0 Å². The lowest BCUT2D eigenvalue weighted by Crippen LogP contribution is -2.47. The minimum Gasteiger partial charge on any atom is -0.480 e. The molecular formula is C13H13NO5. The first-order chi connectivity index (χ1) is 8.90. The number of imide groups is 1. The fourth-order valence-electron chi connectivity index (χ4n) is 2.25. The van der Waals surface area contributed by atoms with Crippen LogP contribution in [0.25, 0.3) is 0 Å². The largest absolute Gasteiger partial charge is 0.480 e. The highest BCUT2D eigenvalue weighted by Crippen LogP contribution is 2.29. The monoisotopic (exact) mass is 263 g/mol. The van der Waals surface area contributed by atoms with Crippen molar-refractivity contribution >= 4 is 17.8 Å². The summed E-state index contributed by atoms with van der Waals surface area (Å²) in [5.74, 6) is -2.74. The summed E-state index contributed by atoms with van der Waals surface area (Å²) in [7, 11) is 0. The Bertz CT molecular complexity index is 552. The number of aliphatic hydroxyl groups is 1. The average molecular weight is 263 g/mol. The first-order valence-corrected chi connectivity index (χ1v) is 5.72. The second-order valence-corrected chi connectivity index (χ2v) is 4.47. The smallest absolute Gasteiger partial charge is 0.329 e. The molecular weight excluding hydrogens is 250 g/mol. The molecule has 1 unspecified atom stereocenters. The molecule has 1 atom stereocenters.